The van der Waals surface area contributed by atoms with Crippen LogP contribution >= 0.6 is 11.3 Å². The van der Waals surface area contributed by atoms with Crippen molar-refractivity contribution in [1.29, 1.82) is 0 Å². The highest BCUT2D eigenvalue weighted by Gasteiger charge is 2.33. The number of rotatable bonds is 4. The third kappa shape index (κ3) is 4.31. The number of aryl methyl sites for hydroxylation is 2. The molecule has 6 rings (SSSR count). The molecule has 1 saturated heterocycles. The van der Waals surface area contributed by atoms with Crippen LogP contribution in [0.5, 0.6) is 5.75 Å². The number of nitrogens with zero attached hydrogens (tertiary/aromatic N) is 2. The van der Waals surface area contributed by atoms with Crippen LogP contribution in [0.3, 0.4) is 0 Å². The fourth-order valence-corrected chi connectivity index (χ4v) is 6.16. The van der Waals surface area contributed by atoms with E-state index in [0.29, 0.717) is 29.5 Å². The summed E-state index contributed by atoms with van der Waals surface area (Å²) in [6.45, 7) is 5.03. The Kier molecular flexibility index (Phi) is 5.83. The summed E-state index contributed by atoms with van der Waals surface area (Å²) in [7, 11) is 0. The molecule has 1 N–H and O–H groups in total. The minimum absolute atomic E-state index is 0.0912. The van der Waals surface area contributed by atoms with E-state index < -0.39 is 5.97 Å². The highest BCUT2D eigenvalue weighted by atomic mass is 32.1. The van der Waals surface area contributed by atoms with Gasteiger partial charge in [0.2, 0.25) is 0 Å². The number of fused-ring (bicyclic) bond motifs is 2. The van der Waals surface area contributed by atoms with Gasteiger partial charge < -0.3 is 19.5 Å². The Morgan fingerprint density at radius 2 is 1.86 bits per heavy atom. The number of carbonyl (C=O) groups is 2. The second-order valence-corrected chi connectivity index (χ2v) is 10.7. The zero-order valence-electron chi connectivity index (χ0n) is 20.6. The molecule has 0 radical (unpaired) electrons. The zero-order chi connectivity index (χ0) is 25.7. The second-order valence-electron chi connectivity index (χ2n) is 9.69. The Hall–Kier alpha value is -3.91. The lowest BCUT2D eigenvalue weighted by molar-refractivity contribution is -0.132. The number of carboxylic acid groups (broad SMARTS) is 1. The molecule has 0 saturated carbocycles. The highest BCUT2D eigenvalue weighted by molar-refractivity contribution is 7.17. The van der Waals surface area contributed by atoms with Crippen LogP contribution in [0.1, 0.15) is 44.9 Å². The number of thiazole rings is 1. The summed E-state index contributed by atoms with van der Waals surface area (Å²) in [5.41, 5.74) is 5.91. The van der Waals surface area contributed by atoms with Gasteiger partial charge in [-0.1, -0.05) is 35.9 Å². The Labute approximate surface area is 218 Å². The molecule has 1 atom stereocenters. The van der Waals surface area contributed by atoms with Crippen LogP contribution in [-0.2, 0) is 16.1 Å². The molecule has 1 aromatic heterocycles. The number of carbonyl (C=O) groups excluding carboxylic acids is 1. The van der Waals surface area contributed by atoms with Gasteiger partial charge in [-0.3, -0.25) is 4.79 Å². The summed E-state index contributed by atoms with van der Waals surface area (Å²) in [4.78, 5) is 32.3. The molecule has 188 valence electrons. The largest absolute Gasteiger partial charge is 0.497 e. The fourth-order valence-electron chi connectivity index (χ4n) is 5.12. The van der Waals surface area contributed by atoms with Crippen molar-refractivity contribution in [3.63, 3.8) is 0 Å². The molecule has 3 aliphatic rings. The van der Waals surface area contributed by atoms with Gasteiger partial charge in [-0.15, -0.1) is 11.3 Å². The first-order valence-corrected chi connectivity index (χ1v) is 13.1. The molecule has 0 bridgehead atoms. The van der Waals surface area contributed by atoms with Crippen LogP contribution in [0.15, 0.2) is 59.9 Å². The third-order valence-electron chi connectivity index (χ3n) is 7.12. The molecule has 0 spiro atoms. The molecule has 1 unspecified atom stereocenters. The van der Waals surface area contributed by atoms with Gasteiger partial charge >= 0.3 is 5.97 Å². The molecular formula is C29H26N2O5S. The van der Waals surface area contributed by atoms with Crippen molar-refractivity contribution in [1.82, 2.24) is 9.88 Å². The smallest absolute Gasteiger partial charge is 0.339 e. The standard InChI is InChI=1S/C29H26N2O5S/c1-16-3-5-18(6-4-16)27-30-17(2)26(37-27)28(32)31-14-22-11-19(7-8-24(22)36-15-31)21-12-20-9-10-35-25(20)23(13-21)29(33)34/h3-8,11,13,20H,9-10,12,14-15H2,1-2H3,(H,33,34). The van der Waals surface area contributed by atoms with E-state index in [-0.39, 0.29) is 24.1 Å². The van der Waals surface area contributed by atoms with E-state index in [9.17, 15) is 14.7 Å². The third-order valence-corrected chi connectivity index (χ3v) is 8.31. The van der Waals surface area contributed by atoms with E-state index in [2.05, 4.69) is 4.98 Å². The van der Waals surface area contributed by atoms with Gasteiger partial charge in [-0.25, -0.2) is 9.78 Å². The van der Waals surface area contributed by atoms with Crippen molar-refractivity contribution in [2.24, 2.45) is 5.92 Å². The number of carboxylic acids is 1. The Bertz CT molecular complexity index is 1480. The first-order chi connectivity index (χ1) is 17.9. The van der Waals surface area contributed by atoms with Crippen LogP contribution < -0.4 is 4.74 Å². The van der Waals surface area contributed by atoms with Crippen molar-refractivity contribution >= 4 is 28.8 Å². The van der Waals surface area contributed by atoms with Crippen molar-refractivity contribution in [2.45, 2.75) is 33.2 Å². The molecule has 37 heavy (non-hydrogen) atoms. The van der Waals surface area contributed by atoms with Gasteiger partial charge in [0.1, 0.15) is 21.4 Å². The second kappa shape index (κ2) is 9.19. The maximum atomic E-state index is 13.5. The average Bonchev–Trinajstić information content (AvgIpc) is 3.54. The first kappa shape index (κ1) is 23.5. The summed E-state index contributed by atoms with van der Waals surface area (Å²) < 4.78 is 11.6. The van der Waals surface area contributed by atoms with Crippen LogP contribution in [0, 0.1) is 19.8 Å². The van der Waals surface area contributed by atoms with Crippen LogP contribution in [0.4, 0.5) is 0 Å². The van der Waals surface area contributed by atoms with Crippen LogP contribution in [0.2, 0.25) is 0 Å². The summed E-state index contributed by atoms with van der Waals surface area (Å²) >= 11 is 1.40. The van der Waals surface area contributed by atoms with Crippen molar-refractivity contribution in [3.8, 4) is 16.3 Å². The Balaban J connectivity index is 1.25. The first-order valence-electron chi connectivity index (χ1n) is 12.3. The Morgan fingerprint density at radius 3 is 2.65 bits per heavy atom. The van der Waals surface area contributed by atoms with E-state index in [1.807, 2.05) is 56.3 Å². The Morgan fingerprint density at radius 1 is 1.08 bits per heavy atom. The molecule has 3 aromatic rings. The lowest BCUT2D eigenvalue weighted by Gasteiger charge is -2.29. The number of ether oxygens (including phenoxy) is 2. The fraction of sp³-hybridized carbons (Fsp3) is 0.276. The van der Waals surface area contributed by atoms with E-state index in [4.69, 9.17) is 9.47 Å². The number of aromatic nitrogens is 1. The molecule has 1 aliphatic carbocycles. The normalized spacial score (nSPS) is 18.5. The van der Waals surface area contributed by atoms with Gasteiger partial charge in [-0.2, -0.15) is 0 Å². The summed E-state index contributed by atoms with van der Waals surface area (Å²) in [6, 6.07) is 14.0. The summed E-state index contributed by atoms with van der Waals surface area (Å²) in [6.07, 6.45) is 3.27. The maximum Gasteiger partial charge on any atom is 0.339 e. The minimum Gasteiger partial charge on any atom is -0.497 e. The molecule has 1 amide bonds. The highest BCUT2D eigenvalue weighted by Crippen LogP contribution is 2.42. The maximum absolute atomic E-state index is 13.5. The molecule has 7 nitrogen and oxygen atoms in total. The van der Waals surface area contributed by atoms with E-state index in [1.165, 1.54) is 16.9 Å². The number of amides is 1. The zero-order valence-corrected chi connectivity index (χ0v) is 21.4. The van der Waals surface area contributed by atoms with Crippen molar-refractivity contribution < 1.29 is 24.2 Å². The number of benzene rings is 2. The molecule has 1 fully saturated rings. The quantitative estimate of drug-likeness (QED) is 0.489. The van der Waals surface area contributed by atoms with Crippen LogP contribution in [0.25, 0.3) is 16.1 Å². The van der Waals surface area contributed by atoms with Crippen molar-refractivity contribution in [3.05, 3.63) is 87.1 Å². The SMILES string of the molecule is Cc1ccc(-c2nc(C)c(C(=O)N3COc4ccc(C5=CC(C(=O)O)=C6OCCC6C5)cc4C3)s2)cc1. The molecule has 3 heterocycles. The lowest BCUT2D eigenvalue weighted by atomic mass is 9.84. The molecule has 8 heteroatoms. The predicted molar refractivity (Wildman–Crippen MR) is 140 cm³/mol. The minimum atomic E-state index is -0.970. The van der Waals surface area contributed by atoms with Crippen molar-refractivity contribution in [2.75, 3.05) is 13.3 Å². The number of hydrogen-bond donors (Lipinski definition) is 1. The predicted octanol–water partition coefficient (Wildman–Crippen LogP) is 5.58. The number of aliphatic carboxylic acids is 1. The summed E-state index contributed by atoms with van der Waals surface area (Å²) in [5.74, 6) is 0.351. The topological polar surface area (TPSA) is 89.0 Å². The lowest BCUT2D eigenvalue weighted by Crippen LogP contribution is -2.37. The van der Waals surface area contributed by atoms with Gasteiger partial charge in [0.05, 0.1) is 24.4 Å². The van der Waals surface area contributed by atoms with Crippen LogP contribution in [-0.4, -0.2) is 40.2 Å². The average molecular weight is 515 g/mol. The number of allylic oxidation sites excluding steroid dienone is 2. The molecular weight excluding hydrogens is 488 g/mol. The molecule has 2 aromatic carbocycles. The number of hydrogen-bond acceptors (Lipinski definition) is 6. The van der Waals surface area contributed by atoms with Gasteiger partial charge in [-0.05, 0) is 56.0 Å². The van der Waals surface area contributed by atoms with E-state index >= 15 is 0 Å². The molecule has 2 aliphatic heterocycles. The van der Waals surface area contributed by atoms with E-state index in [1.54, 1.807) is 11.0 Å². The monoisotopic (exact) mass is 514 g/mol. The van der Waals surface area contributed by atoms with Gasteiger partial charge in [0.15, 0.2) is 6.73 Å². The van der Waals surface area contributed by atoms with E-state index in [0.717, 1.165) is 45.9 Å². The summed E-state index contributed by atoms with van der Waals surface area (Å²) in [5, 5.41) is 10.5. The van der Waals surface area contributed by atoms with Gasteiger partial charge in [0.25, 0.3) is 5.91 Å². The van der Waals surface area contributed by atoms with Gasteiger partial charge in [0, 0.05) is 17.0 Å².